The molecule has 0 radical (unpaired) electrons. The summed E-state index contributed by atoms with van der Waals surface area (Å²) in [7, 11) is 0. The molecule has 0 aromatic carbocycles. The van der Waals surface area contributed by atoms with Crippen LogP contribution in [-0.4, -0.2) is 6.21 Å². The molecule has 0 saturated carbocycles. The predicted octanol–water partition coefficient (Wildman–Crippen LogP) is 4.20. The Morgan fingerprint density at radius 2 is 2.00 bits per heavy atom. The largest absolute Gasteiger partial charge is 0.269 e. The average molecular weight is 181 g/mol. The van der Waals surface area contributed by atoms with Gasteiger partial charge < -0.3 is 0 Å². The van der Waals surface area contributed by atoms with E-state index in [0.717, 1.165) is 6.42 Å². The van der Waals surface area contributed by atoms with Gasteiger partial charge >= 0.3 is 0 Å². The Kier molecular flexibility index (Phi) is 7.66. The molecule has 76 valence electrons. The number of allylic oxidation sites excluding steroid dienone is 1. The van der Waals surface area contributed by atoms with Crippen molar-refractivity contribution in [2.24, 2.45) is 10.9 Å². The van der Waals surface area contributed by atoms with Crippen LogP contribution in [0, 0.1) is 5.92 Å². The number of unbranched alkanes of at least 4 members (excludes halogenated alkanes) is 1. The summed E-state index contributed by atoms with van der Waals surface area (Å²) in [5.41, 5.74) is 1.48. The molecule has 0 aliphatic rings. The van der Waals surface area contributed by atoms with E-state index in [9.17, 15) is 0 Å². The van der Waals surface area contributed by atoms with Crippen LogP contribution in [0.15, 0.2) is 16.8 Å². The summed E-state index contributed by atoms with van der Waals surface area (Å²) in [6.45, 7) is 8.82. The lowest BCUT2D eigenvalue weighted by molar-refractivity contribution is 0.671. The van der Waals surface area contributed by atoms with Crippen LogP contribution in [0.25, 0.3) is 0 Å². The quantitative estimate of drug-likeness (QED) is 0.545. The van der Waals surface area contributed by atoms with Crippen molar-refractivity contribution >= 4 is 6.21 Å². The van der Waals surface area contributed by atoms with Crippen molar-refractivity contribution in [1.82, 2.24) is 0 Å². The van der Waals surface area contributed by atoms with Gasteiger partial charge in [0.05, 0.1) is 0 Å². The average Bonchev–Trinajstić information content (AvgIpc) is 2.10. The van der Waals surface area contributed by atoms with Gasteiger partial charge in [-0.1, -0.05) is 34.1 Å². The van der Waals surface area contributed by atoms with Crippen molar-refractivity contribution in [3.05, 3.63) is 11.8 Å². The summed E-state index contributed by atoms with van der Waals surface area (Å²) in [6.07, 6.45) is 8.79. The minimum atomic E-state index is 0.639. The standard InChI is InChI=1S/C12H23N/c1-5-7-8-12(11(3)4)10-13-9-6-2/h9-11H,5-8H2,1-4H3/b12-10+,13-9?. The summed E-state index contributed by atoms with van der Waals surface area (Å²) in [5.74, 6) is 0.639. The summed E-state index contributed by atoms with van der Waals surface area (Å²) >= 11 is 0. The zero-order chi connectivity index (χ0) is 10.1. The van der Waals surface area contributed by atoms with Crippen LogP contribution in [0.5, 0.6) is 0 Å². The SMILES string of the molecule is CCC=N/C=C(\CCCC)C(C)C. The first-order valence-corrected chi connectivity index (χ1v) is 5.42. The Bertz CT molecular complexity index is 166. The Labute approximate surface area is 83.0 Å². The number of hydrogen-bond donors (Lipinski definition) is 0. The van der Waals surface area contributed by atoms with Gasteiger partial charge in [-0.2, -0.15) is 0 Å². The third kappa shape index (κ3) is 6.56. The second-order valence-corrected chi connectivity index (χ2v) is 3.70. The number of nitrogens with zero attached hydrogens (tertiary/aromatic N) is 1. The van der Waals surface area contributed by atoms with Gasteiger partial charge in [0.1, 0.15) is 0 Å². The molecule has 0 fully saturated rings. The smallest absolute Gasteiger partial charge is 0.0258 e. The van der Waals surface area contributed by atoms with E-state index in [0.29, 0.717) is 5.92 Å². The maximum atomic E-state index is 4.28. The normalized spacial score (nSPS) is 13.2. The van der Waals surface area contributed by atoms with Crippen LogP contribution in [0.3, 0.4) is 0 Å². The Morgan fingerprint density at radius 1 is 1.31 bits per heavy atom. The van der Waals surface area contributed by atoms with Crippen LogP contribution in [0.4, 0.5) is 0 Å². The summed E-state index contributed by atoms with van der Waals surface area (Å²) in [5, 5.41) is 0. The first-order valence-electron chi connectivity index (χ1n) is 5.42. The molecule has 0 rings (SSSR count). The first kappa shape index (κ1) is 12.4. The van der Waals surface area contributed by atoms with Crippen molar-refractivity contribution in [2.75, 3.05) is 0 Å². The van der Waals surface area contributed by atoms with Crippen LogP contribution in [-0.2, 0) is 0 Å². The zero-order valence-electron chi connectivity index (χ0n) is 9.51. The number of aliphatic imine (C=N–C) groups is 1. The molecule has 0 aliphatic heterocycles. The van der Waals surface area contributed by atoms with Gasteiger partial charge in [0.2, 0.25) is 0 Å². The van der Waals surface area contributed by atoms with E-state index in [2.05, 4.69) is 32.7 Å². The lowest BCUT2D eigenvalue weighted by Crippen LogP contribution is -1.93. The van der Waals surface area contributed by atoms with E-state index in [1.807, 2.05) is 12.4 Å². The molecule has 0 atom stereocenters. The van der Waals surface area contributed by atoms with Gasteiger partial charge in [-0.25, -0.2) is 0 Å². The minimum Gasteiger partial charge on any atom is -0.269 e. The van der Waals surface area contributed by atoms with Crippen molar-refractivity contribution in [3.8, 4) is 0 Å². The molecule has 0 unspecified atom stereocenters. The fourth-order valence-electron chi connectivity index (χ4n) is 1.14. The lowest BCUT2D eigenvalue weighted by atomic mass is 9.99. The Balaban J connectivity index is 4.06. The van der Waals surface area contributed by atoms with E-state index >= 15 is 0 Å². The first-order chi connectivity index (χ1) is 6.22. The summed E-state index contributed by atoms with van der Waals surface area (Å²) in [6, 6.07) is 0. The third-order valence-corrected chi connectivity index (χ3v) is 2.09. The monoisotopic (exact) mass is 181 g/mol. The van der Waals surface area contributed by atoms with E-state index in [1.54, 1.807) is 0 Å². The Hall–Kier alpha value is -0.590. The van der Waals surface area contributed by atoms with Crippen molar-refractivity contribution in [2.45, 2.75) is 53.4 Å². The molecule has 0 amide bonds. The van der Waals surface area contributed by atoms with Crippen LogP contribution >= 0.6 is 0 Å². The van der Waals surface area contributed by atoms with Gasteiger partial charge in [0.25, 0.3) is 0 Å². The van der Waals surface area contributed by atoms with Gasteiger partial charge in [0, 0.05) is 12.4 Å². The zero-order valence-corrected chi connectivity index (χ0v) is 9.51. The predicted molar refractivity (Wildman–Crippen MR) is 61.2 cm³/mol. The molecule has 0 saturated heterocycles. The van der Waals surface area contributed by atoms with E-state index in [1.165, 1.54) is 24.8 Å². The number of rotatable bonds is 6. The summed E-state index contributed by atoms with van der Waals surface area (Å²) in [4.78, 5) is 4.28. The van der Waals surface area contributed by atoms with Gasteiger partial charge in [-0.3, -0.25) is 4.99 Å². The highest BCUT2D eigenvalue weighted by Crippen LogP contribution is 2.16. The fraction of sp³-hybridized carbons (Fsp3) is 0.750. The maximum absolute atomic E-state index is 4.28. The van der Waals surface area contributed by atoms with Crippen LogP contribution in [0.2, 0.25) is 0 Å². The molecule has 0 spiro atoms. The van der Waals surface area contributed by atoms with Crippen molar-refractivity contribution < 1.29 is 0 Å². The van der Waals surface area contributed by atoms with E-state index in [4.69, 9.17) is 0 Å². The highest BCUT2D eigenvalue weighted by atomic mass is 14.7. The minimum absolute atomic E-state index is 0.639. The molecule has 0 heterocycles. The summed E-state index contributed by atoms with van der Waals surface area (Å²) < 4.78 is 0. The molecule has 1 heteroatoms. The molecular formula is C12H23N. The van der Waals surface area contributed by atoms with Crippen LogP contribution in [0.1, 0.15) is 53.4 Å². The van der Waals surface area contributed by atoms with E-state index < -0.39 is 0 Å². The lowest BCUT2D eigenvalue weighted by Gasteiger charge is -2.08. The second kappa shape index (κ2) is 8.03. The molecule has 0 aromatic heterocycles. The fourth-order valence-corrected chi connectivity index (χ4v) is 1.14. The van der Waals surface area contributed by atoms with Gasteiger partial charge in [-0.15, -0.1) is 0 Å². The maximum Gasteiger partial charge on any atom is 0.0258 e. The van der Waals surface area contributed by atoms with Gasteiger partial charge in [-0.05, 0) is 30.8 Å². The van der Waals surface area contributed by atoms with Crippen molar-refractivity contribution in [1.29, 1.82) is 0 Å². The molecule has 13 heavy (non-hydrogen) atoms. The molecule has 0 aromatic rings. The van der Waals surface area contributed by atoms with Crippen molar-refractivity contribution in [3.63, 3.8) is 0 Å². The molecule has 0 N–H and O–H groups in total. The molecular weight excluding hydrogens is 158 g/mol. The highest BCUT2D eigenvalue weighted by Gasteiger charge is 2.01. The molecule has 1 nitrogen and oxygen atoms in total. The van der Waals surface area contributed by atoms with Gasteiger partial charge in [0.15, 0.2) is 0 Å². The topological polar surface area (TPSA) is 12.4 Å². The molecule has 0 bridgehead atoms. The van der Waals surface area contributed by atoms with Crippen LogP contribution < -0.4 is 0 Å². The van der Waals surface area contributed by atoms with E-state index in [-0.39, 0.29) is 0 Å². The third-order valence-electron chi connectivity index (χ3n) is 2.09. The molecule has 0 aliphatic carbocycles. The number of hydrogen-bond acceptors (Lipinski definition) is 1. The Morgan fingerprint density at radius 3 is 2.46 bits per heavy atom. The second-order valence-electron chi connectivity index (χ2n) is 3.70. The highest BCUT2D eigenvalue weighted by molar-refractivity contribution is 5.57.